The highest BCUT2D eigenvalue weighted by atomic mass is 16.7. The van der Waals surface area contributed by atoms with Crippen molar-refractivity contribution in [3.63, 3.8) is 0 Å². The molecule has 29 heavy (non-hydrogen) atoms. The first-order chi connectivity index (χ1) is 14.3. The van der Waals surface area contributed by atoms with Gasteiger partial charge in [-0.3, -0.25) is 0 Å². The summed E-state index contributed by atoms with van der Waals surface area (Å²) in [5, 5.41) is 6.24. The lowest BCUT2D eigenvalue weighted by Crippen LogP contribution is -2.48. The van der Waals surface area contributed by atoms with Gasteiger partial charge in [-0.2, -0.15) is 0 Å². The summed E-state index contributed by atoms with van der Waals surface area (Å²) < 4.78 is 18.7. The van der Waals surface area contributed by atoms with Gasteiger partial charge in [0.25, 0.3) is 0 Å². The van der Waals surface area contributed by atoms with Crippen LogP contribution in [0.15, 0.2) is 66.7 Å². The van der Waals surface area contributed by atoms with E-state index < -0.39 is 5.79 Å². The summed E-state index contributed by atoms with van der Waals surface area (Å²) in [4.78, 5) is 0. The summed E-state index contributed by atoms with van der Waals surface area (Å²) in [6.07, 6.45) is 1.62. The van der Waals surface area contributed by atoms with E-state index in [9.17, 15) is 0 Å². The summed E-state index contributed by atoms with van der Waals surface area (Å²) >= 11 is 0. The third kappa shape index (κ3) is 3.52. The molecule has 0 saturated carbocycles. The van der Waals surface area contributed by atoms with Crippen molar-refractivity contribution >= 4 is 10.8 Å². The molecular formula is C25H27NO3. The molecule has 1 N–H and O–H groups in total. The average molecular weight is 389 g/mol. The fourth-order valence-corrected chi connectivity index (χ4v) is 4.52. The minimum absolute atomic E-state index is 0.0135. The maximum Gasteiger partial charge on any atom is 0.202 e. The molecule has 4 nitrogen and oxygen atoms in total. The molecule has 2 aliphatic heterocycles. The van der Waals surface area contributed by atoms with E-state index in [1.165, 1.54) is 16.3 Å². The summed E-state index contributed by atoms with van der Waals surface area (Å²) in [6.45, 7) is 4.39. The first-order valence-corrected chi connectivity index (χ1v) is 10.5. The van der Waals surface area contributed by atoms with Gasteiger partial charge in [0, 0.05) is 19.0 Å². The monoisotopic (exact) mass is 389 g/mol. The van der Waals surface area contributed by atoms with Gasteiger partial charge >= 0.3 is 0 Å². The van der Waals surface area contributed by atoms with Crippen LogP contribution >= 0.6 is 0 Å². The number of fused-ring (bicyclic) bond motifs is 3. The second-order valence-electron chi connectivity index (χ2n) is 7.94. The second-order valence-corrected chi connectivity index (χ2v) is 7.94. The van der Waals surface area contributed by atoms with E-state index in [0.717, 1.165) is 37.5 Å². The number of hydrogen-bond acceptors (Lipinski definition) is 4. The normalized spacial score (nSPS) is 21.5. The number of ether oxygens (including phenoxy) is 3. The van der Waals surface area contributed by atoms with Crippen LogP contribution in [0.2, 0.25) is 0 Å². The summed E-state index contributed by atoms with van der Waals surface area (Å²) in [7, 11) is 0. The van der Waals surface area contributed by atoms with Crippen LogP contribution in [-0.4, -0.2) is 25.9 Å². The maximum atomic E-state index is 6.31. The number of hydrogen-bond donors (Lipinski definition) is 1. The van der Waals surface area contributed by atoms with Crippen molar-refractivity contribution in [3.8, 4) is 5.75 Å². The zero-order chi connectivity index (χ0) is 19.7. The van der Waals surface area contributed by atoms with Crippen LogP contribution in [-0.2, 0) is 15.3 Å². The topological polar surface area (TPSA) is 39.7 Å². The highest BCUT2D eigenvalue weighted by Gasteiger charge is 2.45. The van der Waals surface area contributed by atoms with Gasteiger partial charge in [0.05, 0.1) is 18.8 Å². The lowest BCUT2D eigenvalue weighted by atomic mass is 9.93. The fraction of sp³-hybridized carbons (Fsp3) is 0.360. The van der Waals surface area contributed by atoms with Crippen LogP contribution in [0.4, 0.5) is 0 Å². The van der Waals surface area contributed by atoms with E-state index in [0.29, 0.717) is 6.42 Å². The molecule has 0 unspecified atom stereocenters. The molecule has 5 rings (SSSR count). The average Bonchev–Trinajstić information content (AvgIpc) is 2.78. The molecule has 150 valence electrons. The van der Waals surface area contributed by atoms with Crippen molar-refractivity contribution in [2.75, 3.05) is 19.8 Å². The van der Waals surface area contributed by atoms with Crippen molar-refractivity contribution in [2.24, 2.45) is 0 Å². The number of para-hydroxylation sites is 1. The highest BCUT2D eigenvalue weighted by molar-refractivity contribution is 5.86. The van der Waals surface area contributed by atoms with Gasteiger partial charge in [-0.05, 0) is 41.8 Å². The molecule has 2 aliphatic rings. The van der Waals surface area contributed by atoms with Gasteiger partial charge in [0.2, 0.25) is 5.79 Å². The van der Waals surface area contributed by atoms with Gasteiger partial charge in [-0.1, -0.05) is 54.6 Å². The lowest BCUT2D eigenvalue weighted by molar-refractivity contribution is -0.293. The standard InChI is InChI=1S/C25H27NO3/c1-18(21-11-6-9-19-8-2-3-10-22(19)21)26-17-20-16-25(27-14-7-15-28-25)23-12-4-5-13-24(23)29-20/h2-6,8-13,18,20,26H,7,14-17H2,1H3/t18-,20-/m1/s1. The predicted molar refractivity (Wildman–Crippen MR) is 114 cm³/mol. The molecule has 3 aromatic rings. The van der Waals surface area contributed by atoms with E-state index in [1.54, 1.807) is 0 Å². The molecule has 0 amide bonds. The maximum absolute atomic E-state index is 6.31. The predicted octanol–water partition coefficient (Wildman–Crippen LogP) is 4.93. The third-order valence-corrected chi connectivity index (χ3v) is 5.99. The molecule has 0 bridgehead atoms. The Kier molecular flexibility index (Phi) is 5.00. The van der Waals surface area contributed by atoms with Crippen LogP contribution < -0.4 is 10.1 Å². The Balaban J connectivity index is 1.34. The van der Waals surface area contributed by atoms with Crippen molar-refractivity contribution in [2.45, 2.75) is 37.7 Å². The molecule has 4 heteroatoms. The first kappa shape index (κ1) is 18.6. The van der Waals surface area contributed by atoms with Gasteiger partial charge in [0.15, 0.2) is 0 Å². The van der Waals surface area contributed by atoms with E-state index in [1.807, 2.05) is 18.2 Å². The van der Waals surface area contributed by atoms with Gasteiger partial charge in [-0.25, -0.2) is 0 Å². The molecule has 0 aromatic heterocycles. The summed E-state index contributed by atoms with van der Waals surface area (Å²) in [5.41, 5.74) is 2.32. The van der Waals surface area contributed by atoms with Gasteiger partial charge in [0.1, 0.15) is 11.9 Å². The molecule has 2 atom stereocenters. The van der Waals surface area contributed by atoms with E-state index in [4.69, 9.17) is 14.2 Å². The summed E-state index contributed by atoms with van der Waals surface area (Å²) in [6, 6.07) is 23.3. The second kappa shape index (κ2) is 7.79. The molecule has 2 heterocycles. The van der Waals surface area contributed by atoms with E-state index in [2.05, 4.69) is 60.8 Å². The first-order valence-electron chi connectivity index (χ1n) is 10.5. The van der Waals surface area contributed by atoms with E-state index in [-0.39, 0.29) is 12.1 Å². The zero-order valence-corrected chi connectivity index (χ0v) is 16.8. The van der Waals surface area contributed by atoms with Crippen LogP contribution in [0.1, 0.15) is 36.9 Å². The van der Waals surface area contributed by atoms with Crippen molar-refractivity contribution in [3.05, 3.63) is 77.9 Å². The number of benzene rings is 3. The SMILES string of the molecule is C[C@@H](NC[C@H]1CC2(OCCCO2)c2ccccc2O1)c1cccc2ccccc12. The van der Waals surface area contributed by atoms with Gasteiger partial charge in [-0.15, -0.1) is 0 Å². The fourth-order valence-electron chi connectivity index (χ4n) is 4.52. The van der Waals surface area contributed by atoms with E-state index >= 15 is 0 Å². The van der Waals surface area contributed by atoms with Crippen LogP contribution in [0.5, 0.6) is 5.75 Å². The molecule has 1 spiro atoms. The minimum atomic E-state index is -0.678. The largest absolute Gasteiger partial charge is 0.488 e. The Morgan fingerprint density at radius 3 is 2.62 bits per heavy atom. The number of rotatable bonds is 4. The highest BCUT2D eigenvalue weighted by Crippen LogP contribution is 2.44. The molecule has 1 fully saturated rings. The molecule has 3 aromatic carbocycles. The molecular weight excluding hydrogens is 362 g/mol. The van der Waals surface area contributed by atoms with Crippen LogP contribution in [0.25, 0.3) is 10.8 Å². The van der Waals surface area contributed by atoms with Crippen molar-refractivity contribution < 1.29 is 14.2 Å². The van der Waals surface area contributed by atoms with Crippen LogP contribution in [0, 0.1) is 0 Å². The Morgan fingerprint density at radius 2 is 1.72 bits per heavy atom. The third-order valence-electron chi connectivity index (χ3n) is 5.99. The zero-order valence-electron chi connectivity index (χ0n) is 16.8. The lowest BCUT2D eigenvalue weighted by Gasteiger charge is -2.44. The van der Waals surface area contributed by atoms with Crippen LogP contribution in [0.3, 0.4) is 0 Å². The molecule has 1 saturated heterocycles. The minimum Gasteiger partial charge on any atom is -0.488 e. The van der Waals surface area contributed by atoms with Gasteiger partial charge < -0.3 is 19.5 Å². The Labute approximate surface area is 171 Å². The number of nitrogens with one attached hydrogen (secondary N) is 1. The Bertz CT molecular complexity index is 991. The Morgan fingerprint density at radius 1 is 0.966 bits per heavy atom. The van der Waals surface area contributed by atoms with Crippen molar-refractivity contribution in [1.82, 2.24) is 5.32 Å². The smallest absolute Gasteiger partial charge is 0.202 e. The molecule has 0 aliphatic carbocycles. The van der Waals surface area contributed by atoms with Crippen molar-refractivity contribution in [1.29, 1.82) is 0 Å². The quantitative estimate of drug-likeness (QED) is 0.687. The Hall–Kier alpha value is -2.40. The molecule has 0 radical (unpaired) electrons. The summed E-state index contributed by atoms with van der Waals surface area (Å²) in [5.74, 6) is 0.188.